The van der Waals surface area contributed by atoms with Gasteiger partial charge in [-0.05, 0) is 30.8 Å². The summed E-state index contributed by atoms with van der Waals surface area (Å²) in [5.41, 5.74) is 10.7. The molecule has 0 saturated heterocycles. The number of carbonyl (C=O) groups excluding carboxylic acids is 4. The number of carbonyl (C=O) groups is 5. The van der Waals surface area contributed by atoms with E-state index in [9.17, 15) is 29.1 Å². The number of amides is 4. The van der Waals surface area contributed by atoms with E-state index in [0.29, 0.717) is 5.75 Å². The zero-order valence-electron chi connectivity index (χ0n) is 16.9. The van der Waals surface area contributed by atoms with E-state index in [0.717, 1.165) is 0 Å². The largest absolute Gasteiger partial charge is 0.480 e. The molecule has 0 aliphatic heterocycles. The summed E-state index contributed by atoms with van der Waals surface area (Å²) in [4.78, 5) is 58.6. The zero-order chi connectivity index (χ0) is 22.6. The van der Waals surface area contributed by atoms with Crippen molar-refractivity contribution in [3.05, 3.63) is 0 Å². The van der Waals surface area contributed by atoms with Gasteiger partial charge in [0, 0.05) is 6.42 Å². The lowest BCUT2D eigenvalue weighted by Gasteiger charge is -2.21. The predicted molar refractivity (Wildman–Crippen MR) is 109 cm³/mol. The molecule has 3 unspecified atom stereocenters. The number of hydrogen-bond acceptors (Lipinski definition) is 7. The Morgan fingerprint density at radius 2 is 1.62 bits per heavy atom. The number of nitrogens with two attached hydrogens (primary N) is 2. The molecule has 0 saturated carbocycles. The summed E-state index contributed by atoms with van der Waals surface area (Å²) in [6.07, 6.45) is 1.70. The van der Waals surface area contributed by atoms with Crippen molar-refractivity contribution >= 4 is 41.4 Å². The van der Waals surface area contributed by atoms with Gasteiger partial charge in [-0.3, -0.25) is 19.2 Å². The average molecular weight is 434 g/mol. The van der Waals surface area contributed by atoms with Gasteiger partial charge in [-0.2, -0.15) is 11.8 Å². The minimum absolute atomic E-state index is 0.105. The third-order valence-electron chi connectivity index (χ3n) is 4.00. The van der Waals surface area contributed by atoms with Crippen LogP contribution in [0.2, 0.25) is 0 Å². The molecule has 0 aromatic carbocycles. The van der Waals surface area contributed by atoms with Crippen LogP contribution >= 0.6 is 11.8 Å². The number of rotatable bonds is 14. The van der Waals surface area contributed by atoms with Crippen molar-refractivity contribution in [3.63, 3.8) is 0 Å². The molecular weight excluding hydrogens is 402 g/mol. The Balaban J connectivity index is 4.89. The van der Waals surface area contributed by atoms with Crippen molar-refractivity contribution in [2.24, 2.45) is 17.4 Å². The number of hydrogen-bond donors (Lipinski definition) is 6. The van der Waals surface area contributed by atoms with E-state index in [1.54, 1.807) is 13.8 Å². The molecule has 0 aliphatic rings. The predicted octanol–water partition coefficient (Wildman–Crippen LogP) is -1.84. The summed E-state index contributed by atoms with van der Waals surface area (Å²) >= 11 is 1.44. The third-order valence-corrected chi connectivity index (χ3v) is 4.64. The first-order valence-corrected chi connectivity index (χ1v) is 10.5. The lowest BCUT2D eigenvalue weighted by Crippen LogP contribution is -2.54. The first-order valence-electron chi connectivity index (χ1n) is 9.12. The fraction of sp³-hybridized carbons (Fsp3) is 0.706. The van der Waals surface area contributed by atoms with Gasteiger partial charge in [0.2, 0.25) is 23.6 Å². The molecular formula is C17H31N5O6S. The van der Waals surface area contributed by atoms with Crippen LogP contribution in [0.1, 0.15) is 33.1 Å². The molecule has 0 aliphatic carbocycles. The second-order valence-corrected chi connectivity index (χ2v) is 7.78. The van der Waals surface area contributed by atoms with E-state index in [1.807, 2.05) is 6.26 Å². The molecule has 29 heavy (non-hydrogen) atoms. The van der Waals surface area contributed by atoms with Crippen LogP contribution < -0.4 is 27.4 Å². The van der Waals surface area contributed by atoms with Gasteiger partial charge < -0.3 is 32.5 Å². The van der Waals surface area contributed by atoms with Gasteiger partial charge >= 0.3 is 5.97 Å². The minimum atomic E-state index is -1.32. The van der Waals surface area contributed by atoms with Gasteiger partial charge in [-0.1, -0.05) is 13.8 Å². The summed E-state index contributed by atoms with van der Waals surface area (Å²) in [7, 11) is 0. The number of thioether (sulfide) groups is 1. The number of primary amides is 1. The van der Waals surface area contributed by atoms with E-state index < -0.39 is 47.7 Å². The molecule has 11 nitrogen and oxygen atoms in total. The third kappa shape index (κ3) is 11.3. The topological polar surface area (TPSA) is 194 Å². The Morgan fingerprint density at radius 1 is 1.00 bits per heavy atom. The van der Waals surface area contributed by atoms with Crippen LogP contribution in [0.15, 0.2) is 0 Å². The molecule has 0 fully saturated rings. The lowest BCUT2D eigenvalue weighted by atomic mass is 10.1. The standard InChI is InChI=1S/C17H31N5O6S/c1-9(2)14(19)16(26)20-8-13(24)21-10(6-7-29-3)15(25)22-11(17(27)28)4-5-12(18)23/h9-11,14H,4-8,19H2,1-3H3,(H2,18,23)(H,20,26)(H,21,24)(H,22,25)(H,27,28). The lowest BCUT2D eigenvalue weighted by molar-refractivity contribution is -0.142. The Hall–Kier alpha value is -2.34. The normalized spacial score (nSPS) is 13.8. The first kappa shape index (κ1) is 26.7. The summed E-state index contributed by atoms with van der Waals surface area (Å²) < 4.78 is 0. The molecule has 12 heteroatoms. The Bertz CT molecular complexity index is 601. The van der Waals surface area contributed by atoms with Crippen molar-refractivity contribution in [1.82, 2.24) is 16.0 Å². The van der Waals surface area contributed by atoms with Crippen LogP contribution in [-0.2, 0) is 24.0 Å². The second-order valence-electron chi connectivity index (χ2n) is 6.79. The summed E-state index contributed by atoms with van der Waals surface area (Å²) in [6.45, 7) is 3.17. The monoisotopic (exact) mass is 433 g/mol. The minimum Gasteiger partial charge on any atom is -0.480 e. The van der Waals surface area contributed by atoms with Crippen LogP contribution in [0, 0.1) is 5.92 Å². The van der Waals surface area contributed by atoms with Crippen molar-refractivity contribution in [3.8, 4) is 0 Å². The second kappa shape index (κ2) is 13.8. The summed E-state index contributed by atoms with van der Waals surface area (Å²) in [6, 6.07) is -3.08. The number of carboxylic acid groups (broad SMARTS) is 1. The Kier molecular flexibility index (Phi) is 12.7. The van der Waals surface area contributed by atoms with Gasteiger partial charge in [0.1, 0.15) is 12.1 Å². The van der Waals surface area contributed by atoms with Gasteiger partial charge in [-0.15, -0.1) is 0 Å². The molecule has 0 aromatic heterocycles. The SMILES string of the molecule is CSCCC(NC(=O)CNC(=O)C(N)C(C)C)C(=O)NC(CCC(N)=O)C(=O)O. The molecule has 8 N–H and O–H groups in total. The molecule has 0 heterocycles. The van der Waals surface area contributed by atoms with E-state index in [-0.39, 0.29) is 31.7 Å². The van der Waals surface area contributed by atoms with Gasteiger partial charge in [-0.25, -0.2) is 4.79 Å². The maximum absolute atomic E-state index is 12.5. The van der Waals surface area contributed by atoms with Crippen LogP contribution in [0.3, 0.4) is 0 Å². The number of carboxylic acids is 1. The van der Waals surface area contributed by atoms with Gasteiger partial charge in [0.05, 0.1) is 12.6 Å². The van der Waals surface area contributed by atoms with Crippen LogP contribution in [0.4, 0.5) is 0 Å². The summed E-state index contributed by atoms with van der Waals surface area (Å²) in [5, 5.41) is 16.4. The fourth-order valence-electron chi connectivity index (χ4n) is 2.15. The highest BCUT2D eigenvalue weighted by molar-refractivity contribution is 7.98. The highest BCUT2D eigenvalue weighted by Crippen LogP contribution is 2.04. The van der Waals surface area contributed by atoms with Crippen molar-refractivity contribution < 1.29 is 29.1 Å². The van der Waals surface area contributed by atoms with Crippen LogP contribution in [0.5, 0.6) is 0 Å². The van der Waals surface area contributed by atoms with Crippen LogP contribution in [-0.4, -0.2) is 71.4 Å². The highest BCUT2D eigenvalue weighted by atomic mass is 32.2. The maximum Gasteiger partial charge on any atom is 0.326 e. The molecule has 0 spiro atoms. The summed E-state index contributed by atoms with van der Waals surface area (Å²) in [5.74, 6) is -3.38. The fourth-order valence-corrected chi connectivity index (χ4v) is 2.63. The number of aliphatic carboxylic acids is 1. The average Bonchev–Trinajstić information content (AvgIpc) is 2.64. The van der Waals surface area contributed by atoms with Gasteiger partial charge in [0.15, 0.2) is 0 Å². The van der Waals surface area contributed by atoms with E-state index >= 15 is 0 Å². The quantitative estimate of drug-likeness (QED) is 0.184. The van der Waals surface area contributed by atoms with E-state index in [2.05, 4.69) is 16.0 Å². The molecule has 3 atom stereocenters. The van der Waals surface area contributed by atoms with Crippen molar-refractivity contribution in [2.75, 3.05) is 18.6 Å². The molecule has 0 rings (SSSR count). The highest BCUT2D eigenvalue weighted by Gasteiger charge is 2.27. The Labute approximate surface area is 174 Å². The van der Waals surface area contributed by atoms with Gasteiger partial charge in [0.25, 0.3) is 0 Å². The molecule has 4 amide bonds. The maximum atomic E-state index is 12.5. The molecule has 0 aromatic rings. The zero-order valence-corrected chi connectivity index (χ0v) is 17.7. The van der Waals surface area contributed by atoms with E-state index in [1.165, 1.54) is 11.8 Å². The molecule has 0 bridgehead atoms. The number of nitrogens with one attached hydrogen (secondary N) is 3. The van der Waals surface area contributed by atoms with Crippen molar-refractivity contribution in [2.45, 2.75) is 51.2 Å². The molecule has 0 radical (unpaired) electrons. The smallest absolute Gasteiger partial charge is 0.326 e. The van der Waals surface area contributed by atoms with E-state index in [4.69, 9.17) is 11.5 Å². The first-order chi connectivity index (χ1) is 13.5. The van der Waals surface area contributed by atoms with Crippen LogP contribution in [0.25, 0.3) is 0 Å². The molecule has 166 valence electrons. The van der Waals surface area contributed by atoms with Crippen molar-refractivity contribution in [1.29, 1.82) is 0 Å². The Morgan fingerprint density at radius 3 is 2.10 bits per heavy atom.